The summed E-state index contributed by atoms with van der Waals surface area (Å²) in [5.41, 5.74) is 2.08. The monoisotopic (exact) mass is 380 g/mol. The second kappa shape index (κ2) is 7.59. The maximum Gasteiger partial charge on any atom is 0.263 e. The van der Waals surface area contributed by atoms with Gasteiger partial charge >= 0.3 is 0 Å². The number of carbonyl (C=O) groups excluding carboxylic acids is 2. The molecule has 2 aromatic rings. The summed E-state index contributed by atoms with van der Waals surface area (Å²) in [6.07, 6.45) is 3.66. The van der Waals surface area contributed by atoms with E-state index in [1.54, 1.807) is 17.7 Å². The highest BCUT2D eigenvalue weighted by atomic mass is 16.2. The number of rotatable bonds is 3. The van der Waals surface area contributed by atoms with Crippen molar-refractivity contribution in [2.45, 2.75) is 38.3 Å². The smallest absolute Gasteiger partial charge is 0.263 e. The van der Waals surface area contributed by atoms with Crippen molar-refractivity contribution in [3.05, 3.63) is 63.6 Å². The van der Waals surface area contributed by atoms with E-state index >= 15 is 0 Å². The number of piperidine rings is 1. The molecule has 3 N–H and O–H groups in total. The van der Waals surface area contributed by atoms with Crippen molar-refractivity contribution >= 4 is 17.5 Å². The Hall–Kier alpha value is -2.93. The highest BCUT2D eigenvalue weighted by molar-refractivity contribution is 5.98. The maximum absolute atomic E-state index is 13.1. The van der Waals surface area contributed by atoms with Gasteiger partial charge in [0.05, 0.1) is 12.5 Å². The number of benzene rings is 1. The van der Waals surface area contributed by atoms with Crippen molar-refractivity contribution in [3.63, 3.8) is 0 Å². The van der Waals surface area contributed by atoms with Crippen molar-refractivity contribution in [2.24, 2.45) is 0 Å². The van der Waals surface area contributed by atoms with E-state index < -0.39 is 11.9 Å². The number of aryl methyl sites for hydroxylation is 1. The Kier molecular flexibility index (Phi) is 5.00. The van der Waals surface area contributed by atoms with Gasteiger partial charge in [0.1, 0.15) is 5.56 Å². The summed E-state index contributed by atoms with van der Waals surface area (Å²) in [5.74, 6) is -0.582. The number of pyridine rings is 1. The van der Waals surface area contributed by atoms with E-state index in [9.17, 15) is 14.4 Å². The Morgan fingerprint density at radius 3 is 2.68 bits per heavy atom. The van der Waals surface area contributed by atoms with Crippen LogP contribution in [0.15, 0.2) is 41.3 Å². The molecule has 1 fully saturated rings. The largest absolute Gasteiger partial charge is 0.344 e. The van der Waals surface area contributed by atoms with E-state index in [-0.39, 0.29) is 29.5 Å². The lowest BCUT2D eigenvalue weighted by Crippen LogP contribution is -2.40. The van der Waals surface area contributed by atoms with Gasteiger partial charge in [0.15, 0.2) is 0 Å². The molecule has 1 saturated heterocycles. The fourth-order valence-electron chi connectivity index (χ4n) is 4.06. The summed E-state index contributed by atoms with van der Waals surface area (Å²) < 4.78 is 1.68. The van der Waals surface area contributed by atoms with Crippen LogP contribution in [0.25, 0.3) is 0 Å². The van der Waals surface area contributed by atoms with Gasteiger partial charge in [-0.1, -0.05) is 18.2 Å². The first-order chi connectivity index (χ1) is 13.5. The molecule has 0 radical (unpaired) electrons. The molecule has 3 heterocycles. The molecule has 1 atom stereocenters. The average Bonchev–Trinajstić information content (AvgIpc) is 2.68. The molecule has 2 aliphatic heterocycles. The number of anilines is 1. The first kappa shape index (κ1) is 18.4. The van der Waals surface area contributed by atoms with Crippen LogP contribution in [0.3, 0.4) is 0 Å². The van der Waals surface area contributed by atoms with Crippen molar-refractivity contribution in [1.82, 2.24) is 15.2 Å². The topological polar surface area (TPSA) is 92.2 Å². The fourth-order valence-corrected chi connectivity index (χ4v) is 4.06. The molecular formula is C21H24N4O3. The normalized spacial score (nSPS) is 19.6. The summed E-state index contributed by atoms with van der Waals surface area (Å²) in [6.45, 7) is 3.49. The van der Waals surface area contributed by atoms with Crippen LogP contribution in [0.2, 0.25) is 0 Å². The third-order valence-corrected chi connectivity index (χ3v) is 5.56. The molecule has 2 amide bonds. The minimum atomic E-state index is -0.455. The predicted octanol–water partition coefficient (Wildman–Crippen LogP) is 1.89. The fraction of sp³-hybridized carbons (Fsp3) is 0.381. The number of carbonyl (C=O) groups is 2. The Balaban J connectivity index is 1.64. The van der Waals surface area contributed by atoms with Gasteiger partial charge in [0.25, 0.3) is 11.5 Å². The van der Waals surface area contributed by atoms with Gasteiger partial charge in [-0.25, -0.2) is 0 Å². The minimum Gasteiger partial charge on any atom is -0.344 e. The van der Waals surface area contributed by atoms with Gasteiger partial charge in [-0.15, -0.1) is 0 Å². The highest BCUT2D eigenvalue weighted by Gasteiger charge is 2.28. The first-order valence-corrected chi connectivity index (χ1v) is 9.66. The summed E-state index contributed by atoms with van der Waals surface area (Å²) in [7, 11) is 0. The molecule has 0 spiro atoms. The van der Waals surface area contributed by atoms with Crippen LogP contribution < -0.4 is 21.5 Å². The lowest BCUT2D eigenvalue weighted by Gasteiger charge is -2.27. The molecule has 0 saturated carbocycles. The minimum absolute atomic E-state index is 0.0992. The van der Waals surface area contributed by atoms with Gasteiger partial charge in [0, 0.05) is 17.9 Å². The maximum atomic E-state index is 13.1. The number of para-hydroxylation sites is 1. The Morgan fingerprint density at radius 2 is 1.89 bits per heavy atom. The van der Waals surface area contributed by atoms with Gasteiger partial charge in [-0.2, -0.15) is 0 Å². The van der Waals surface area contributed by atoms with Crippen LogP contribution in [0.1, 0.15) is 52.8 Å². The zero-order valence-electron chi connectivity index (χ0n) is 15.8. The average molecular weight is 380 g/mol. The first-order valence-electron chi connectivity index (χ1n) is 9.66. The second-order valence-electron chi connectivity index (χ2n) is 7.43. The van der Waals surface area contributed by atoms with E-state index in [1.165, 1.54) is 0 Å². The van der Waals surface area contributed by atoms with Crippen molar-refractivity contribution < 1.29 is 9.59 Å². The zero-order valence-corrected chi connectivity index (χ0v) is 15.8. The number of nitrogens with zero attached hydrogens (tertiary/aromatic N) is 1. The Bertz CT molecular complexity index is 976. The van der Waals surface area contributed by atoms with E-state index in [0.717, 1.165) is 31.5 Å². The van der Waals surface area contributed by atoms with Gasteiger partial charge in [-0.3, -0.25) is 14.4 Å². The molecule has 1 aromatic heterocycles. The molecule has 4 rings (SSSR count). The standard InChI is InChI=1S/C21H24N4O3/c1-13-8-11-25(14-6-9-22-10-7-14)21(28)19(13)20(27)24-17-12-18(26)23-16-5-3-2-4-15(16)17/h2-5,8,11,14,17,22H,6-7,9-10,12H2,1H3,(H,23,26)(H,24,27). The third-order valence-electron chi connectivity index (χ3n) is 5.56. The van der Waals surface area contributed by atoms with Crippen LogP contribution in [0, 0.1) is 6.92 Å². The Morgan fingerprint density at radius 1 is 1.14 bits per heavy atom. The van der Waals surface area contributed by atoms with Crippen molar-refractivity contribution in [1.29, 1.82) is 0 Å². The summed E-state index contributed by atoms with van der Waals surface area (Å²) >= 11 is 0. The van der Waals surface area contributed by atoms with E-state index in [0.29, 0.717) is 11.3 Å². The number of hydrogen-bond acceptors (Lipinski definition) is 4. The lowest BCUT2D eigenvalue weighted by atomic mass is 9.97. The summed E-state index contributed by atoms with van der Waals surface area (Å²) in [5, 5.41) is 9.01. The molecule has 1 unspecified atom stereocenters. The van der Waals surface area contributed by atoms with Gasteiger partial charge < -0.3 is 20.5 Å². The second-order valence-corrected chi connectivity index (χ2v) is 7.43. The van der Waals surface area contributed by atoms with Gasteiger partial charge in [0.2, 0.25) is 5.91 Å². The van der Waals surface area contributed by atoms with Crippen molar-refractivity contribution in [2.75, 3.05) is 18.4 Å². The quantitative estimate of drug-likeness (QED) is 0.758. The van der Waals surface area contributed by atoms with Crippen LogP contribution in [0.5, 0.6) is 0 Å². The molecule has 146 valence electrons. The van der Waals surface area contributed by atoms with Gasteiger partial charge in [-0.05, 0) is 56.1 Å². The van der Waals surface area contributed by atoms with Crippen molar-refractivity contribution in [3.8, 4) is 0 Å². The number of nitrogens with one attached hydrogen (secondary N) is 3. The number of hydrogen-bond donors (Lipinski definition) is 3. The number of fused-ring (bicyclic) bond motifs is 1. The Labute approximate surface area is 163 Å². The molecular weight excluding hydrogens is 356 g/mol. The SMILES string of the molecule is Cc1ccn(C2CCNCC2)c(=O)c1C(=O)NC1CC(=O)Nc2ccccc21. The zero-order chi connectivity index (χ0) is 19.7. The molecule has 7 heteroatoms. The summed E-state index contributed by atoms with van der Waals surface area (Å²) in [6, 6.07) is 8.86. The lowest BCUT2D eigenvalue weighted by molar-refractivity contribution is -0.116. The van der Waals surface area contributed by atoms with E-state index in [4.69, 9.17) is 0 Å². The van der Waals surface area contributed by atoms with E-state index in [1.807, 2.05) is 30.3 Å². The van der Waals surface area contributed by atoms with Crippen LogP contribution >= 0.6 is 0 Å². The third kappa shape index (κ3) is 3.45. The molecule has 0 aliphatic carbocycles. The molecule has 0 bridgehead atoms. The van der Waals surface area contributed by atoms with Crippen LogP contribution in [-0.2, 0) is 4.79 Å². The molecule has 28 heavy (non-hydrogen) atoms. The highest BCUT2D eigenvalue weighted by Crippen LogP contribution is 2.30. The van der Waals surface area contributed by atoms with E-state index in [2.05, 4.69) is 16.0 Å². The molecule has 7 nitrogen and oxygen atoms in total. The molecule has 1 aromatic carbocycles. The van der Waals surface area contributed by atoms with Crippen LogP contribution in [-0.4, -0.2) is 29.5 Å². The molecule has 2 aliphatic rings. The summed E-state index contributed by atoms with van der Waals surface area (Å²) in [4.78, 5) is 38.1. The van der Waals surface area contributed by atoms with Crippen LogP contribution in [0.4, 0.5) is 5.69 Å². The number of aromatic nitrogens is 1. The number of amides is 2. The predicted molar refractivity (Wildman–Crippen MR) is 106 cm³/mol.